The number of benzene rings is 1. The second kappa shape index (κ2) is 5.62. The maximum atomic E-state index is 11.9. The topological polar surface area (TPSA) is 42.0 Å². The van der Waals surface area contributed by atoms with Crippen LogP contribution < -0.4 is 5.32 Å². The number of nitrogens with zero attached hydrogens (tertiary/aromatic N) is 1. The summed E-state index contributed by atoms with van der Waals surface area (Å²) in [6, 6.07) is 7.18. The number of hydrogen-bond acceptors (Lipinski definition) is 3. The van der Waals surface area contributed by atoms with E-state index in [-0.39, 0.29) is 5.91 Å². The summed E-state index contributed by atoms with van der Waals surface area (Å²) in [5, 5.41) is 5.11. The summed E-state index contributed by atoms with van der Waals surface area (Å²) in [5.74, 6) is 0.172. The number of nitrogens with one attached hydrogen (secondary N) is 1. The molecule has 0 radical (unpaired) electrons. The zero-order chi connectivity index (χ0) is 12.3. The Bertz CT molecular complexity index is 544. The molecule has 0 fully saturated rings. The van der Waals surface area contributed by atoms with Crippen molar-refractivity contribution in [2.75, 3.05) is 5.32 Å². The average Bonchev–Trinajstić information content (AvgIpc) is 2.77. The van der Waals surface area contributed by atoms with Crippen molar-refractivity contribution in [1.82, 2.24) is 4.98 Å². The summed E-state index contributed by atoms with van der Waals surface area (Å²) >= 11 is 10.3. The van der Waals surface area contributed by atoms with E-state index in [1.807, 2.05) is 17.5 Å². The second-order valence-electron chi connectivity index (χ2n) is 3.24. The molecule has 1 aromatic heterocycles. The monoisotopic (exact) mass is 330 g/mol. The number of alkyl halides is 1. The van der Waals surface area contributed by atoms with Gasteiger partial charge in [-0.2, -0.15) is 0 Å². The molecular formula is C11H8BrClN2OS. The van der Waals surface area contributed by atoms with Gasteiger partial charge < -0.3 is 0 Å². The Labute approximate surface area is 116 Å². The SMILES string of the molecule is O=C(Nc1nc(CCl)cs1)c1cccc(Br)c1. The standard InChI is InChI=1S/C11H8BrClN2OS/c12-8-3-1-2-7(4-8)10(16)15-11-14-9(5-13)6-17-11/h1-4,6H,5H2,(H,14,15,16). The van der Waals surface area contributed by atoms with E-state index < -0.39 is 0 Å². The average molecular weight is 332 g/mol. The third-order valence-electron chi connectivity index (χ3n) is 2.00. The largest absolute Gasteiger partial charge is 0.298 e. The first-order valence-corrected chi connectivity index (χ1v) is 6.97. The number of carbonyl (C=O) groups excluding carboxylic acids is 1. The molecule has 0 spiro atoms. The molecule has 0 saturated carbocycles. The van der Waals surface area contributed by atoms with Gasteiger partial charge in [-0.05, 0) is 18.2 Å². The van der Waals surface area contributed by atoms with Gasteiger partial charge in [0.1, 0.15) is 0 Å². The molecule has 0 aliphatic carbocycles. The maximum absolute atomic E-state index is 11.9. The summed E-state index contributed by atoms with van der Waals surface area (Å²) in [7, 11) is 0. The van der Waals surface area contributed by atoms with Crippen molar-refractivity contribution in [3.8, 4) is 0 Å². The lowest BCUT2D eigenvalue weighted by molar-refractivity contribution is 0.102. The third kappa shape index (κ3) is 3.28. The molecule has 0 unspecified atom stereocenters. The van der Waals surface area contributed by atoms with Crippen LogP contribution in [0.2, 0.25) is 0 Å². The molecule has 1 aromatic carbocycles. The highest BCUT2D eigenvalue weighted by Crippen LogP contribution is 2.18. The Morgan fingerprint density at radius 3 is 3.00 bits per heavy atom. The first kappa shape index (κ1) is 12.5. The van der Waals surface area contributed by atoms with Gasteiger partial charge >= 0.3 is 0 Å². The molecule has 2 aromatic rings. The van der Waals surface area contributed by atoms with Gasteiger partial charge in [0, 0.05) is 15.4 Å². The van der Waals surface area contributed by atoms with E-state index in [0.717, 1.165) is 10.2 Å². The quantitative estimate of drug-likeness (QED) is 0.867. The van der Waals surface area contributed by atoms with Crippen LogP contribution in [0.1, 0.15) is 16.1 Å². The summed E-state index contributed by atoms with van der Waals surface area (Å²) in [6.45, 7) is 0. The van der Waals surface area contributed by atoms with Crippen molar-refractivity contribution < 1.29 is 4.79 Å². The van der Waals surface area contributed by atoms with Crippen LogP contribution in [0, 0.1) is 0 Å². The van der Waals surface area contributed by atoms with Gasteiger partial charge in [0.15, 0.2) is 5.13 Å². The normalized spacial score (nSPS) is 10.2. The number of halogens is 2. The molecule has 1 amide bonds. The second-order valence-corrected chi connectivity index (χ2v) is 5.28. The lowest BCUT2D eigenvalue weighted by Crippen LogP contribution is -2.11. The Morgan fingerprint density at radius 1 is 1.53 bits per heavy atom. The minimum absolute atomic E-state index is 0.179. The van der Waals surface area contributed by atoms with Crippen LogP contribution in [-0.4, -0.2) is 10.9 Å². The number of hydrogen-bond donors (Lipinski definition) is 1. The van der Waals surface area contributed by atoms with E-state index in [2.05, 4.69) is 26.2 Å². The predicted molar refractivity (Wildman–Crippen MR) is 73.8 cm³/mol. The minimum Gasteiger partial charge on any atom is -0.298 e. The lowest BCUT2D eigenvalue weighted by atomic mass is 10.2. The summed E-state index contributed by atoms with van der Waals surface area (Å²) in [5.41, 5.74) is 1.35. The van der Waals surface area contributed by atoms with Crippen LogP contribution in [-0.2, 0) is 5.88 Å². The number of amides is 1. The van der Waals surface area contributed by atoms with E-state index in [9.17, 15) is 4.79 Å². The number of thiazole rings is 1. The van der Waals surface area contributed by atoms with Crippen molar-refractivity contribution in [3.63, 3.8) is 0 Å². The smallest absolute Gasteiger partial charge is 0.257 e. The highest BCUT2D eigenvalue weighted by atomic mass is 79.9. The Balaban J connectivity index is 2.11. The highest BCUT2D eigenvalue weighted by molar-refractivity contribution is 9.10. The van der Waals surface area contributed by atoms with Crippen molar-refractivity contribution in [1.29, 1.82) is 0 Å². The first-order chi connectivity index (χ1) is 8.19. The molecule has 6 heteroatoms. The molecule has 0 atom stereocenters. The Hall–Kier alpha value is -0.910. The zero-order valence-corrected chi connectivity index (χ0v) is 11.8. The highest BCUT2D eigenvalue weighted by Gasteiger charge is 2.08. The molecule has 1 heterocycles. The molecule has 0 saturated heterocycles. The van der Waals surface area contributed by atoms with Gasteiger partial charge in [-0.15, -0.1) is 22.9 Å². The molecule has 88 valence electrons. The summed E-state index contributed by atoms with van der Waals surface area (Å²) < 4.78 is 0.866. The van der Waals surface area contributed by atoms with Crippen LogP contribution in [0.3, 0.4) is 0 Å². The predicted octanol–water partition coefficient (Wildman–Crippen LogP) is 3.90. The van der Waals surface area contributed by atoms with Crippen molar-refractivity contribution in [2.24, 2.45) is 0 Å². The number of anilines is 1. The Morgan fingerprint density at radius 2 is 2.35 bits per heavy atom. The number of carbonyl (C=O) groups is 1. The van der Waals surface area contributed by atoms with Crippen LogP contribution in [0.4, 0.5) is 5.13 Å². The zero-order valence-electron chi connectivity index (χ0n) is 8.61. The summed E-state index contributed by atoms with van der Waals surface area (Å²) in [6.07, 6.45) is 0. The number of aromatic nitrogens is 1. The lowest BCUT2D eigenvalue weighted by Gasteiger charge is -2.01. The third-order valence-corrected chi connectivity index (χ3v) is 3.57. The fourth-order valence-corrected chi connectivity index (χ4v) is 2.56. The molecule has 17 heavy (non-hydrogen) atoms. The maximum Gasteiger partial charge on any atom is 0.257 e. The van der Waals surface area contributed by atoms with E-state index in [1.165, 1.54) is 11.3 Å². The van der Waals surface area contributed by atoms with Gasteiger partial charge in [0.25, 0.3) is 5.91 Å². The fourth-order valence-electron chi connectivity index (χ4n) is 1.22. The van der Waals surface area contributed by atoms with E-state index >= 15 is 0 Å². The van der Waals surface area contributed by atoms with E-state index in [4.69, 9.17) is 11.6 Å². The van der Waals surface area contributed by atoms with Crippen LogP contribution in [0.5, 0.6) is 0 Å². The summed E-state index contributed by atoms with van der Waals surface area (Å²) in [4.78, 5) is 16.0. The molecule has 2 rings (SSSR count). The first-order valence-electron chi connectivity index (χ1n) is 4.76. The molecule has 1 N–H and O–H groups in total. The number of rotatable bonds is 3. The molecule has 3 nitrogen and oxygen atoms in total. The fraction of sp³-hybridized carbons (Fsp3) is 0.0909. The molecular weight excluding hydrogens is 324 g/mol. The minimum atomic E-state index is -0.179. The van der Waals surface area contributed by atoms with Gasteiger partial charge in [0.05, 0.1) is 11.6 Å². The Kier molecular flexibility index (Phi) is 4.15. The van der Waals surface area contributed by atoms with E-state index in [1.54, 1.807) is 12.1 Å². The van der Waals surface area contributed by atoms with Crippen molar-refractivity contribution in [2.45, 2.75) is 5.88 Å². The van der Waals surface area contributed by atoms with Crippen molar-refractivity contribution in [3.05, 3.63) is 45.4 Å². The van der Waals surface area contributed by atoms with Gasteiger partial charge in [0.2, 0.25) is 0 Å². The molecule has 0 aliphatic heterocycles. The van der Waals surface area contributed by atoms with E-state index in [0.29, 0.717) is 16.6 Å². The van der Waals surface area contributed by atoms with Crippen LogP contribution in [0.25, 0.3) is 0 Å². The van der Waals surface area contributed by atoms with Crippen LogP contribution in [0.15, 0.2) is 34.1 Å². The molecule has 0 aliphatic rings. The van der Waals surface area contributed by atoms with Crippen LogP contribution >= 0.6 is 38.9 Å². The van der Waals surface area contributed by atoms with Gasteiger partial charge in [-0.25, -0.2) is 4.98 Å². The van der Waals surface area contributed by atoms with Crippen molar-refractivity contribution >= 4 is 49.9 Å². The molecule has 0 bridgehead atoms. The van der Waals surface area contributed by atoms with Gasteiger partial charge in [-0.3, -0.25) is 10.1 Å². The van der Waals surface area contributed by atoms with Gasteiger partial charge in [-0.1, -0.05) is 22.0 Å².